The number of carboxylic acid groups (broad SMARTS) is 2. The lowest BCUT2D eigenvalue weighted by Crippen LogP contribution is -2.42. The molecule has 0 saturated carbocycles. The molecule has 2 rings (SSSR count). The van der Waals surface area contributed by atoms with Crippen molar-refractivity contribution in [2.45, 2.75) is 131 Å². The third-order valence-corrected chi connectivity index (χ3v) is 6.77. The number of carboxylic acids is 2. The van der Waals surface area contributed by atoms with Crippen molar-refractivity contribution in [2.24, 2.45) is 23.3 Å². The first-order chi connectivity index (χ1) is 20.4. The first-order valence-corrected chi connectivity index (χ1v) is 16.2. The average Bonchev–Trinajstić information content (AvgIpc) is 2.93. The molecule has 2 aliphatic rings. The predicted molar refractivity (Wildman–Crippen MR) is 173 cm³/mol. The normalized spacial score (nSPS) is 15.8. The second-order valence-corrected chi connectivity index (χ2v) is 13.2. The zero-order chi connectivity index (χ0) is 34.3. The highest BCUT2D eigenvalue weighted by Gasteiger charge is 2.28. The topological polar surface area (TPSA) is 186 Å². The molecule has 6 N–H and O–H groups in total. The molecule has 0 unspecified atom stereocenters. The van der Waals surface area contributed by atoms with Crippen LogP contribution in [0.2, 0.25) is 0 Å². The number of rotatable bonds is 8. The molecular formula is C32H64N4O8. The van der Waals surface area contributed by atoms with E-state index in [4.69, 9.17) is 31.2 Å². The van der Waals surface area contributed by atoms with Crippen LogP contribution in [-0.4, -0.2) is 94.6 Å². The van der Waals surface area contributed by atoms with Gasteiger partial charge in [0.25, 0.3) is 0 Å². The zero-order valence-electron chi connectivity index (χ0n) is 28.9. The molecule has 0 aromatic rings. The number of piperidine rings is 2. The first-order valence-electron chi connectivity index (χ1n) is 16.2. The fraction of sp³-hybridized carbons (Fsp3) is 0.875. The Bertz CT molecular complexity index is 731. The summed E-state index contributed by atoms with van der Waals surface area (Å²) in [5.41, 5.74) is 9.27. The van der Waals surface area contributed by atoms with E-state index < -0.39 is 23.1 Å². The summed E-state index contributed by atoms with van der Waals surface area (Å²) < 4.78 is 11.0. The maximum Gasteiger partial charge on any atom is 0.410 e. The molecule has 0 spiro atoms. The Labute approximate surface area is 266 Å². The molecule has 0 radical (unpaired) electrons. The van der Waals surface area contributed by atoms with Crippen molar-refractivity contribution < 1.29 is 38.9 Å². The van der Waals surface area contributed by atoms with Gasteiger partial charge in [-0.05, 0) is 98.6 Å². The summed E-state index contributed by atoms with van der Waals surface area (Å²) >= 11 is 0. The second kappa shape index (κ2) is 23.7. The van der Waals surface area contributed by atoms with Crippen LogP contribution in [-0.2, 0) is 19.1 Å². The molecule has 2 heterocycles. The maximum absolute atomic E-state index is 12.2. The minimum atomic E-state index is -0.745. The maximum atomic E-state index is 12.2. The summed E-state index contributed by atoms with van der Waals surface area (Å²) in [5.74, 6) is -0.0546. The Morgan fingerprint density at radius 2 is 0.909 bits per heavy atom. The fourth-order valence-electron chi connectivity index (χ4n) is 4.27. The molecule has 2 amide bonds. The van der Waals surface area contributed by atoms with Crippen molar-refractivity contribution in [3.8, 4) is 0 Å². The van der Waals surface area contributed by atoms with Gasteiger partial charge in [0.15, 0.2) is 0 Å². The van der Waals surface area contributed by atoms with Crippen LogP contribution in [0.15, 0.2) is 0 Å². The Morgan fingerprint density at radius 1 is 0.636 bits per heavy atom. The number of likely N-dealkylation sites (tertiary alicyclic amines) is 2. The monoisotopic (exact) mass is 632 g/mol. The van der Waals surface area contributed by atoms with Crippen molar-refractivity contribution in [1.82, 2.24) is 9.80 Å². The molecule has 0 bridgehead atoms. The van der Waals surface area contributed by atoms with Gasteiger partial charge in [0.1, 0.15) is 11.2 Å². The number of amides is 2. The number of ether oxygens (including phenoxy) is 2. The minimum absolute atomic E-state index is 0.173. The van der Waals surface area contributed by atoms with Crippen LogP contribution in [0.5, 0.6) is 0 Å². The van der Waals surface area contributed by atoms with Crippen LogP contribution in [0, 0.1) is 11.8 Å². The van der Waals surface area contributed by atoms with E-state index in [9.17, 15) is 19.2 Å². The van der Waals surface area contributed by atoms with E-state index in [-0.39, 0.29) is 25.0 Å². The van der Waals surface area contributed by atoms with E-state index in [1.165, 1.54) is 19.3 Å². The summed E-state index contributed by atoms with van der Waals surface area (Å²) in [5, 5.41) is 15.4. The third-order valence-electron chi connectivity index (χ3n) is 6.77. The van der Waals surface area contributed by atoms with Crippen LogP contribution >= 0.6 is 0 Å². The lowest BCUT2D eigenvalue weighted by atomic mass is 9.87. The molecule has 0 atom stereocenters. The van der Waals surface area contributed by atoms with Gasteiger partial charge >= 0.3 is 24.1 Å². The molecule has 44 heavy (non-hydrogen) atoms. The van der Waals surface area contributed by atoms with E-state index in [2.05, 4.69) is 0 Å². The van der Waals surface area contributed by atoms with Gasteiger partial charge in [0, 0.05) is 39.0 Å². The highest BCUT2D eigenvalue weighted by atomic mass is 16.6. The van der Waals surface area contributed by atoms with E-state index >= 15 is 0 Å². The van der Waals surface area contributed by atoms with Crippen LogP contribution in [0.1, 0.15) is 120 Å². The lowest BCUT2D eigenvalue weighted by Gasteiger charge is -2.34. The first kappa shape index (κ1) is 43.5. The molecule has 12 nitrogen and oxygen atoms in total. The van der Waals surface area contributed by atoms with Crippen LogP contribution < -0.4 is 11.5 Å². The molecule has 0 aliphatic carbocycles. The Morgan fingerprint density at radius 3 is 1.09 bits per heavy atom. The predicted octanol–water partition coefficient (Wildman–Crippen LogP) is 5.71. The molecule has 0 aromatic heterocycles. The summed E-state index contributed by atoms with van der Waals surface area (Å²) in [6.45, 7) is 19.4. The molecule has 2 aliphatic heterocycles. The zero-order valence-corrected chi connectivity index (χ0v) is 28.9. The van der Waals surface area contributed by atoms with E-state index in [1.807, 2.05) is 51.3 Å². The van der Waals surface area contributed by atoms with Crippen molar-refractivity contribution in [3.05, 3.63) is 0 Å². The Balaban J connectivity index is 0. The molecule has 260 valence electrons. The average molecular weight is 633 g/mol. The van der Waals surface area contributed by atoms with Gasteiger partial charge in [-0.15, -0.1) is 0 Å². The summed E-state index contributed by atoms with van der Waals surface area (Å²) in [4.78, 5) is 46.8. The van der Waals surface area contributed by atoms with Crippen molar-refractivity contribution >= 4 is 24.1 Å². The largest absolute Gasteiger partial charge is 0.481 e. The van der Waals surface area contributed by atoms with Crippen molar-refractivity contribution in [1.29, 1.82) is 0 Å². The van der Waals surface area contributed by atoms with Crippen LogP contribution in [0.4, 0.5) is 9.59 Å². The highest BCUT2D eigenvalue weighted by Crippen LogP contribution is 2.28. The smallest absolute Gasteiger partial charge is 0.410 e. The molecule has 2 saturated heterocycles. The van der Waals surface area contributed by atoms with Crippen LogP contribution in [0.25, 0.3) is 0 Å². The van der Waals surface area contributed by atoms with Crippen molar-refractivity contribution in [2.75, 3.05) is 39.3 Å². The number of nitrogens with two attached hydrogens (primary N) is 2. The Kier molecular flexibility index (Phi) is 23.5. The fourth-order valence-corrected chi connectivity index (χ4v) is 4.27. The van der Waals surface area contributed by atoms with E-state index in [0.29, 0.717) is 0 Å². The van der Waals surface area contributed by atoms with Crippen LogP contribution in [0.3, 0.4) is 0 Å². The van der Waals surface area contributed by atoms with Gasteiger partial charge in [0.05, 0.1) is 0 Å². The lowest BCUT2D eigenvalue weighted by molar-refractivity contribution is -0.137. The Hall–Kier alpha value is -2.60. The highest BCUT2D eigenvalue weighted by molar-refractivity contribution is 5.68. The molecule has 2 fully saturated rings. The third kappa shape index (κ3) is 25.9. The molecule has 0 aromatic carbocycles. The summed E-state index contributed by atoms with van der Waals surface area (Å²) in [6, 6.07) is 0. The van der Waals surface area contributed by atoms with E-state index in [0.717, 1.165) is 83.2 Å². The van der Waals surface area contributed by atoms with Gasteiger partial charge in [-0.25, -0.2) is 9.59 Å². The SMILES string of the molecule is CC(C)(C)OC(=O)N1CCC(CCCC2CCN(C(=O)OC(C)(C)C)CC2)CC1.CCC(=O)O.CCC(=O)O.NCCCN. The van der Waals surface area contributed by atoms with Gasteiger partial charge in [0.2, 0.25) is 0 Å². The number of carbonyl (C=O) groups excluding carboxylic acids is 2. The number of carbonyl (C=O) groups is 4. The summed E-state index contributed by atoms with van der Waals surface area (Å²) in [6.07, 6.45) is 9.09. The minimum Gasteiger partial charge on any atom is -0.481 e. The number of nitrogens with zero attached hydrogens (tertiary/aromatic N) is 2. The van der Waals surface area contributed by atoms with Gasteiger partial charge < -0.3 is 41.0 Å². The molecular weight excluding hydrogens is 568 g/mol. The number of hydrogen-bond acceptors (Lipinski definition) is 8. The van der Waals surface area contributed by atoms with Gasteiger partial charge in [-0.3, -0.25) is 9.59 Å². The van der Waals surface area contributed by atoms with Gasteiger partial charge in [-0.2, -0.15) is 0 Å². The standard InChI is InChI=1S/C23H42N2O4.C3H10N2.2C3H6O2/c1-22(2,3)28-20(26)24-14-10-18(11-15-24)8-7-9-19-12-16-25(17-13-19)21(27)29-23(4,5)6;4-2-1-3-5;2*1-2-3(4)5/h18-19H,7-17H2,1-6H3;1-5H2;2*2H2,1H3,(H,4,5). The van der Waals surface area contributed by atoms with Crippen molar-refractivity contribution in [3.63, 3.8) is 0 Å². The second-order valence-electron chi connectivity index (χ2n) is 13.2. The number of aliphatic carboxylic acids is 2. The van der Waals surface area contributed by atoms with E-state index in [1.54, 1.807) is 13.8 Å². The number of hydrogen-bond donors (Lipinski definition) is 4. The quantitative estimate of drug-likeness (QED) is 0.258. The van der Waals surface area contributed by atoms with Gasteiger partial charge in [-0.1, -0.05) is 33.1 Å². The molecule has 12 heteroatoms. The summed E-state index contributed by atoms with van der Waals surface area (Å²) in [7, 11) is 0.